The van der Waals surface area contributed by atoms with Crippen LogP contribution in [-0.4, -0.2) is 53.8 Å². The van der Waals surface area contributed by atoms with Gasteiger partial charge < -0.3 is 19.7 Å². The average Bonchev–Trinajstić information content (AvgIpc) is 3.41. The molecule has 3 atom stereocenters. The van der Waals surface area contributed by atoms with Crippen LogP contribution in [0.5, 0.6) is 11.5 Å². The normalized spacial score (nSPS) is 23.0. The van der Waals surface area contributed by atoms with Crippen molar-refractivity contribution in [1.82, 2.24) is 10.2 Å². The first-order valence-corrected chi connectivity index (χ1v) is 11.2. The first-order valence-electron chi connectivity index (χ1n) is 11.2. The first kappa shape index (κ1) is 20.7. The Bertz CT molecular complexity index is 1000. The highest BCUT2D eigenvalue weighted by Crippen LogP contribution is 2.35. The third kappa shape index (κ3) is 4.39. The molecule has 2 amide bonds. The van der Waals surface area contributed by atoms with E-state index in [2.05, 4.69) is 5.32 Å². The summed E-state index contributed by atoms with van der Waals surface area (Å²) in [6.07, 6.45) is 3.19. The number of rotatable bonds is 7. The lowest BCUT2D eigenvalue weighted by atomic mass is 10.1. The maximum absolute atomic E-state index is 13.3. The third-order valence-electron chi connectivity index (χ3n) is 6.36. The summed E-state index contributed by atoms with van der Waals surface area (Å²) in [4.78, 5) is 40.1. The predicted octanol–water partition coefficient (Wildman–Crippen LogP) is 2.95. The van der Waals surface area contributed by atoms with E-state index >= 15 is 0 Å². The molecule has 0 bridgehead atoms. The minimum absolute atomic E-state index is 0.0497. The fourth-order valence-corrected chi connectivity index (χ4v) is 4.49. The molecule has 0 radical (unpaired) electrons. The molecule has 0 aromatic heterocycles. The highest BCUT2D eigenvalue weighted by molar-refractivity contribution is 5.99. The first-order chi connectivity index (χ1) is 15.6. The molecule has 166 valence electrons. The number of hydrogen-bond donors (Lipinski definition) is 1. The van der Waals surface area contributed by atoms with Crippen LogP contribution in [0.25, 0.3) is 0 Å². The molecule has 1 saturated carbocycles. The van der Waals surface area contributed by atoms with Crippen molar-refractivity contribution in [1.29, 1.82) is 0 Å². The maximum Gasteiger partial charge on any atom is 0.251 e. The van der Waals surface area contributed by atoms with E-state index in [4.69, 9.17) is 9.47 Å². The van der Waals surface area contributed by atoms with Crippen LogP contribution in [0, 0.1) is 5.92 Å². The Kier molecular flexibility index (Phi) is 5.66. The summed E-state index contributed by atoms with van der Waals surface area (Å²) < 4.78 is 11.3. The van der Waals surface area contributed by atoms with Crippen LogP contribution in [0.1, 0.15) is 36.0 Å². The van der Waals surface area contributed by atoms with Crippen molar-refractivity contribution in [3.8, 4) is 11.5 Å². The van der Waals surface area contributed by atoms with Gasteiger partial charge in [-0.1, -0.05) is 31.0 Å². The number of nitrogens with zero attached hydrogens (tertiary/aromatic N) is 1. The number of para-hydroxylation sites is 1. The molecule has 2 aromatic rings. The molecule has 2 aliphatic heterocycles. The second-order valence-corrected chi connectivity index (χ2v) is 8.73. The van der Waals surface area contributed by atoms with Crippen molar-refractivity contribution in [3.63, 3.8) is 0 Å². The SMILES string of the molecule is O=C(NC(CC1CC1)C(=O)N1CCC2OCC(=O)C21)c1ccc(Oc2ccccc2)cc1. The molecule has 1 aliphatic carbocycles. The molecule has 3 aliphatic rings. The van der Waals surface area contributed by atoms with Crippen LogP contribution in [0.3, 0.4) is 0 Å². The smallest absolute Gasteiger partial charge is 0.251 e. The molecule has 0 spiro atoms. The molecular weight excluding hydrogens is 408 g/mol. The van der Waals surface area contributed by atoms with Crippen LogP contribution < -0.4 is 10.1 Å². The van der Waals surface area contributed by atoms with Gasteiger partial charge in [-0.2, -0.15) is 0 Å². The topological polar surface area (TPSA) is 84.9 Å². The van der Waals surface area contributed by atoms with Gasteiger partial charge in [0.05, 0.1) is 6.10 Å². The van der Waals surface area contributed by atoms with E-state index in [0.717, 1.165) is 12.8 Å². The van der Waals surface area contributed by atoms with E-state index in [1.54, 1.807) is 29.2 Å². The highest BCUT2D eigenvalue weighted by Gasteiger charge is 2.48. The zero-order valence-corrected chi connectivity index (χ0v) is 17.7. The molecule has 7 nitrogen and oxygen atoms in total. The van der Waals surface area contributed by atoms with Crippen molar-refractivity contribution in [3.05, 3.63) is 60.2 Å². The molecule has 5 rings (SSSR count). The second kappa shape index (κ2) is 8.74. The number of Topliss-reactive ketones (excluding diaryl/α,β-unsaturated/α-hetero) is 1. The number of amides is 2. The molecule has 1 N–H and O–H groups in total. The molecule has 2 saturated heterocycles. The summed E-state index contributed by atoms with van der Waals surface area (Å²) in [5.41, 5.74) is 0.457. The Balaban J connectivity index is 1.26. The van der Waals surface area contributed by atoms with Crippen molar-refractivity contribution < 1.29 is 23.9 Å². The second-order valence-electron chi connectivity index (χ2n) is 8.73. The third-order valence-corrected chi connectivity index (χ3v) is 6.36. The molecule has 3 fully saturated rings. The summed E-state index contributed by atoms with van der Waals surface area (Å²) in [6.45, 7) is 0.554. The summed E-state index contributed by atoms with van der Waals surface area (Å²) >= 11 is 0. The van der Waals surface area contributed by atoms with E-state index in [9.17, 15) is 14.4 Å². The highest BCUT2D eigenvalue weighted by atomic mass is 16.5. The minimum atomic E-state index is -0.637. The van der Waals surface area contributed by atoms with E-state index in [-0.39, 0.29) is 30.3 Å². The molecular formula is C25H26N2O5. The molecule has 7 heteroatoms. The van der Waals surface area contributed by atoms with Crippen molar-refractivity contribution in [2.24, 2.45) is 5.92 Å². The van der Waals surface area contributed by atoms with E-state index in [0.29, 0.717) is 42.4 Å². The summed E-state index contributed by atoms with van der Waals surface area (Å²) in [5, 5.41) is 2.92. The Morgan fingerprint density at radius 3 is 2.47 bits per heavy atom. The van der Waals surface area contributed by atoms with Gasteiger partial charge in [0.15, 0.2) is 5.78 Å². The van der Waals surface area contributed by atoms with Gasteiger partial charge in [0.2, 0.25) is 5.91 Å². The molecule has 32 heavy (non-hydrogen) atoms. The van der Waals surface area contributed by atoms with Gasteiger partial charge in [0, 0.05) is 12.1 Å². The number of hydrogen-bond acceptors (Lipinski definition) is 5. The Morgan fingerprint density at radius 1 is 1.03 bits per heavy atom. The standard InChI is InChI=1S/C25H26N2O5/c28-21-15-31-22-12-13-27(23(21)22)25(30)20(14-16-6-7-16)26-24(29)17-8-10-19(11-9-17)32-18-4-2-1-3-5-18/h1-5,8-11,16,20,22-23H,6-7,12-15H2,(H,26,29). The fourth-order valence-electron chi connectivity index (χ4n) is 4.49. The van der Waals surface area contributed by atoms with Crippen molar-refractivity contribution in [2.45, 2.75) is 43.9 Å². The van der Waals surface area contributed by atoms with Crippen LogP contribution in [0.15, 0.2) is 54.6 Å². The van der Waals surface area contributed by atoms with E-state index in [1.807, 2.05) is 30.3 Å². The number of fused-ring (bicyclic) bond motifs is 1. The zero-order chi connectivity index (χ0) is 22.1. The fraction of sp³-hybridized carbons (Fsp3) is 0.400. The van der Waals surface area contributed by atoms with Gasteiger partial charge >= 0.3 is 0 Å². The summed E-state index contributed by atoms with van der Waals surface area (Å²) in [7, 11) is 0. The lowest BCUT2D eigenvalue weighted by molar-refractivity contribution is -0.138. The number of benzene rings is 2. The van der Waals surface area contributed by atoms with E-state index in [1.165, 1.54) is 0 Å². The zero-order valence-electron chi connectivity index (χ0n) is 17.7. The Hall–Kier alpha value is -3.19. The molecule has 3 unspecified atom stereocenters. The average molecular weight is 434 g/mol. The number of carbonyl (C=O) groups excluding carboxylic acids is 3. The van der Waals surface area contributed by atoms with Gasteiger partial charge in [0.25, 0.3) is 5.91 Å². The van der Waals surface area contributed by atoms with Crippen LogP contribution in [0.2, 0.25) is 0 Å². The van der Waals surface area contributed by atoms with Crippen LogP contribution >= 0.6 is 0 Å². The number of nitrogens with one attached hydrogen (secondary N) is 1. The van der Waals surface area contributed by atoms with Crippen LogP contribution in [0.4, 0.5) is 0 Å². The lowest BCUT2D eigenvalue weighted by Gasteiger charge is -2.27. The Labute approximate surface area is 186 Å². The van der Waals surface area contributed by atoms with Gasteiger partial charge in [-0.25, -0.2) is 0 Å². The molecule has 2 aromatic carbocycles. The van der Waals surface area contributed by atoms with Crippen LogP contribution in [-0.2, 0) is 14.3 Å². The van der Waals surface area contributed by atoms with Gasteiger partial charge in [0.1, 0.15) is 30.2 Å². The summed E-state index contributed by atoms with van der Waals surface area (Å²) in [6, 6.07) is 15.1. The van der Waals surface area contributed by atoms with Gasteiger partial charge in [-0.05, 0) is 55.2 Å². The molecule has 2 heterocycles. The van der Waals surface area contributed by atoms with Gasteiger partial charge in [-0.15, -0.1) is 0 Å². The van der Waals surface area contributed by atoms with Crippen molar-refractivity contribution >= 4 is 17.6 Å². The number of ketones is 1. The Morgan fingerprint density at radius 2 is 1.75 bits per heavy atom. The number of ether oxygens (including phenoxy) is 2. The predicted molar refractivity (Wildman–Crippen MR) is 116 cm³/mol. The largest absolute Gasteiger partial charge is 0.457 e. The monoisotopic (exact) mass is 434 g/mol. The number of carbonyl (C=O) groups is 3. The van der Waals surface area contributed by atoms with Crippen molar-refractivity contribution in [2.75, 3.05) is 13.2 Å². The van der Waals surface area contributed by atoms with E-state index < -0.39 is 12.1 Å². The lowest BCUT2D eigenvalue weighted by Crippen LogP contribution is -2.52. The quantitative estimate of drug-likeness (QED) is 0.724. The van der Waals surface area contributed by atoms with Gasteiger partial charge in [-0.3, -0.25) is 14.4 Å². The number of likely N-dealkylation sites (tertiary alicyclic amines) is 1. The summed E-state index contributed by atoms with van der Waals surface area (Å²) in [5.74, 6) is 1.25. The maximum atomic E-state index is 13.3. The minimum Gasteiger partial charge on any atom is -0.457 e.